The molecule has 0 unspecified atom stereocenters. The van der Waals surface area contributed by atoms with Gasteiger partial charge in [0.15, 0.2) is 0 Å². The number of morpholine rings is 1. The largest absolute Gasteiger partial charge is 0.378 e. The maximum atomic E-state index is 12.9. The molecule has 2 aliphatic heterocycles. The second-order valence-corrected chi connectivity index (χ2v) is 7.81. The fraction of sp³-hybridized carbons (Fsp3) is 0.500. The van der Waals surface area contributed by atoms with Gasteiger partial charge in [-0.25, -0.2) is 12.7 Å². The fourth-order valence-corrected chi connectivity index (χ4v) is 4.60. The van der Waals surface area contributed by atoms with E-state index in [1.165, 1.54) is 12.1 Å². The lowest BCUT2D eigenvalue weighted by molar-refractivity contribution is -0.141. The van der Waals surface area contributed by atoms with E-state index < -0.39 is 22.0 Å². The monoisotopic (exact) mass is 352 g/mol. The summed E-state index contributed by atoms with van der Waals surface area (Å²) in [5.74, 6) is -0.845. The number of nitrogens with zero attached hydrogens (tertiary/aromatic N) is 2. The number of carbonyl (C=O) groups is 2. The highest BCUT2D eigenvalue weighted by Gasteiger charge is 2.45. The van der Waals surface area contributed by atoms with Gasteiger partial charge in [0.2, 0.25) is 11.8 Å². The van der Waals surface area contributed by atoms with E-state index in [-0.39, 0.29) is 23.6 Å². The second kappa shape index (κ2) is 6.52. The van der Waals surface area contributed by atoms with Crippen LogP contribution in [0.25, 0.3) is 0 Å². The summed E-state index contributed by atoms with van der Waals surface area (Å²) in [5, 5.41) is 0. The van der Waals surface area contributed by atoms with Crippen LogP contribution in [0.4, 0.5) is 0 Å². The van der Waals surface area contributed by atoms with Gasteiger partial charge in [0, 0.05) is 19.5 Å². The Hall–Kier alpha value is -1.93. The van der Waals surface area contributed by atoms with Crippen molar-refractivity contribution in [2.24, 2.45) is 0 Å². The summed E-state index contributed by atoms with van der Waals surface area (Å²) in [6.07, 6.45) is 0.284. The van der Waals surface area contributed by atoms with Crippen molar-refractivity contribution in [3.63, 3.8) is 0 Å². The first-order chi connectivity index (χ1) is 11.4. The van der Waals surface area contributed by atoms with Crippen molar-refractivity contribution < 1.29 is 22.7 Å². The van der Waals surface area contributed by atoms with Crippen LogP contribution in [0.5, 0.6) is 0 Å². The van der Waals surface area contributed by atoms with Gasteiger partial charge in [-0.05, 0) is 25.5 Å². The molecule has 2 heterocycles. The van der Waals surface area contributed by atoms with Gasteiger partial charge in [-0.15, -0.1) is 0 Å². The van der Waals surface area contributed by atoms with Crippen LogP contribution < -0.4 is 0 Å². The molecule has 24 heavy (non-hydrogen) atoms. The van der Waals surface area contributed by atoms with Gasteiger partial charge in [-0.2, -0.15) is 0 Å². The molecule has 0 aliphatic carbocycles. The van der Waals surface area contributed by atoms with Crippen molar-refractivity contribution in [1.82, 2.24) is 9.21 Å². The molecule has 0 aromatic heterocycles. The van der Waals surface area contributed by atoms with E-state index in [4.69, 9.17) is 4.74 Å². The first-order valence-electron chi connectivity index (χ1n) is 7.92. The van der Waals surface area contributed by atoms with Crippen LogP contribution in [0.2, 0.25) is 0 Å². The Bertz CT molecular complexity index is 738. The Morgan fingerprint density at radius 1 is 1.17 bits per heavy atom. The van der Waals surface area contributed by atoms with Crippen LogP contribution in [-0.2, 0) is 24.3 Å². The number of rotatable bonds is 3. The molecule has 0 spiro atoms. The number of carbonyl (C=O) groups excluding carboxylic acids is 2. The Morgan fingerprint density at radius 3 is 2.42 bits per heavy atom. The third-order valence-corrected chi connectivity index (χ3v) is 6.19. The SMILES string of the molecule is Cc1ccc(S(=O)(=O)N2C(=O)CC[C@@H]2C(=O)N2CCOCC2)cc1. The molecule has 0 saturated carbocycles. The van der Waals surface area contributed by atoms with Crippen LogP contribution in [-0.4, -0.2) is 61.8 Å². The van der Waals surface area contributed by atoms with Crippen molar-refractivity contribution in [3.8, 4) is 0 Å². The summed E-state index contributed by atoms with van der Waals surface area (Å²) < 4.78 is 31.7. The van der Waals surface area contributed by atoms with Crippen molar-refractivity contribution in [2.45, 2.75) is 30.7 Å². The summed E-state index contributed by atoms with van der Waals surface area (Å²) in [6.45, 7) is 3.54. The maximum absolute atomic E-state index is 12.9. The summed E-state index contributed by atoms with van der Waals surface area (Å²) in [5.41, 5.74) is 0.919. The topological polar surface area (TPSA) is 84.0 Å². The molecule has 130 valence electrons. The van der Waals surface area contributed by atoms with Crippen LogP contribution >= 0.6 is 0 Å². The van der Waals surface area contributed by atoms with E-state index in [1.54, 1.807) is 17.0 Å². The molecule has 1 atom stereocenters. The van der Waals surface area contributed by atoms with Crippen molar-refractivity contribution in [2.75, 3.05) is 26.3 Å². The van der Waals surface area contributed by atoms with Gasteiger partial charge in [0.1, 0.15) is 6.04 Å². The van der Waals surface area contributed by atoms with E-state index in [0.29, 0.717) is 26.3 Å². The van der Waals surface area contributed by atoms with Crippen LogP contribution in [0.3, 0.4) is 0 Å². The van der Waals surface area contributed by atoms with Crippen LogP contribution in [0.15, 0.2) is 29.2 Å². The Balaban J connectivity index is 1.90. The van der Waals surface area contributed by atoms with E-state index in [0.717, 1.165) is 9.87 Å². The third kappa shape index (κ3) is 3.03. The molecular formula is C16H20N2O5S. The molecule has 8 heteroatoms. The molecule has 7 nitrogen and oxygen atoms in total. The first-order valence-corrected chi connectivity index (χ1v) is 9.36. The predicted octanol–water partition coefficient (Wildman–Crippen LogP) is 0.534. The minimum absolute atomic E-state index is 0.0307. The zero-order valence-electron chi connectivity index (χ0n) is 13.5. The highest BCUT2D eigenvalue weighted by atomic mass is 32.2. The molecule has 0 radical (unpaired) electrons. The molecule has 2 fully saturated rings. The number of hydrogen-bond acceptors (Lipinski definition) is 5. The molecule has 0 N–H and O–H groups in total. The summed E-state index contributed by atoms with van der Waals surface area (Å²) >= 11 is 0. The average Bonchev–Trinajstić information content (AvgIpc) is 2.98. The number of sulfonamides is 1. The Morgan fingerprint density at radius 2 is 1.79 bits per heavy atom. The minimum Gasteiger partial charge on any atom is -0.378 e. The average molecular weight is 352 g/mol. The first kappa shape index (κ1) is 16.9. The quantitative estimate of drug-likeness (QED) is 0.792. The van der Waals surface area contributed by atoms with Crippen molar-refractivity contribution in [1.29, 1.82) is 0 Å². The summed E-state index contributed by atoms with van der Waals surface area (Å²) in [4.78, 5) is 26.5. The molecule has 1 aromatic carbocycles. The Kier molecular flexibility index (Phi) is 4.60. The van der Waals surface area contributed by atoms with Crippen molar-refractivity contribution >= 4 is 21.8 Å². The van der Waals surface area contributed by atoms with E-state index in [9.17, 15) is 18.0 Å². The normalized spacial score (nSPS) is 22.0. The summed E-state index contributed by atoms with van der Waals surface area (Å²) in [6, 6.07) is 5.32. The van der Waals surface area contributed by atoms with E-state index in [1.807, 2.05) is 6.92 Å². The molecule has 2 aliphatic rings. The molecule has 3 rings (SSSR count). The number of amides is 2. The zero-order chi connectivity index (χ0) is 17.3. The lowest BCUT2D eigenvalue weighted by Crippen LogP contribution is -2.51. The smallest absolute Gasteiger partial charge is 0.267 e. The lowest BCUT2D eigenvalue weighted by atomic mass is 10.2. The number of benzene rings is 1. The minimum atomic E-state index is -4.03. The van der Waals surface area contributed by atoms with Crippen LogP contribution in [0, 0.1) is 6.92 Å². The number of aryl methyl sites for hydroxylation is 1. The van der Waals surface area contributed by atoms with Crippen molar-refractivity contribution in [3.05, 3.63) is 29.8 Å². The van der Waals surface area contributed by atoms with Gasteiger partial charge in [0.25, 0.3) is 10.0 Å². The number of hydrogen-bond donors (Lipinski definition) is 0. The highest BCUT2D eigenvalue weighted by molar-refractivity contribution is 7.89. The van der Waals surface area contributed by atoms with Gasteiger partial charge in [0.05, 0.1) is 18.1 Å². The number of ether oxygens (including phenoxy) is 1. The van der Waals surface area contributed by atoms with E-state index >= 15 is 0 Å². The zero-order valence-corrected chi connectivity index (χ0v) is 14.3. The van der Waals surface area contributed by atoms with Gasteiger partial charge in [-0.3, -0.25) is 9.59 Å². The third-order valence-electron chi connectivity index (χ3n) is 4.35. The molecule has 2 saturated heterocycles. The van der Waals surface area contributed by atoms with Gasteiger partial charge >= 0.3 is 0 Å². The summed E-state index contributed by atoms with van der Waals surface area (Å²) in [7, 11) is -4.03. The molecule has 0 bridgehead atoms. The van der Waals surface area contributed by atoms with Crippen LogP contribution in [0.1, 0.15) is 18.4 Å². The highest BCUT2D eigenvalue weighted by Crippen LogP contribution is 2.28. The van der Waals surface area contributed by atoms with Gasteiger partial charge < -0.3 is 9.64 Å². The maximum Gasteiger partial charge on any atom is 0.267 e. The van der Waals surface area contributed by atoms with E-state index in [2.05, 4.69) is 0 Å². The standard InChI is InChI=1S/C16H20N2O5S/c1-12-2-4-13(5-3-12)24(21,22)18-14(6-7-15(18)19)16(20)17-8-10-23-11-9-17/h2-5,14H,6-11H2,1H3/t14-/m1/s1. The Labute approximate surface area is 141 Å². The fourth-order valence-electron chi connectivity index (χ4n) is 3.01. The molecule has 2 amide bonds. The predicted molar refractivity (Wildman–Crippen MR) is 85.6 cm³/mol. The molecular weight excluding hydrogens is 332 g/mol. The lowest BCUT2D eigenvalue weighted by Gasteiger charge is -2.32. The molecule has 1 aromatic rings. The van der Waals surface area contributed by atoms with Gasteiger partial charge in [-0.1, -0.05) is 17.7 Å². The second-order valence-electron chi connectivity index (χ2n) is 6.00.